The molecule has 0 aliphatic carbocycles. The van der Waals surface area contributed by atoms with E-state index in [0.717, 1.165) is 20.2 Å². The van der Waals surface area contributed by atoms with E-state index in [9.17, 15) is 43.1 Å². The number of carbonyl (C=O) groups excluding carboxylic acids is 2. The Kier molecular flexibility index (Phi) is 11.2. The van der Waals surface area contributed by atoms with Crippen molar-refractivity contribution < 1.29 is 75.4 Å². The fourth-order valence-corrected chi connectivity index (χ4v) is 7.13. The summed E-state index contributed by atoms with van der Waals surface area (Å²) in [6.45, 7) is 3.47. The van der Waals surface area contributed by atoms with Crippen LogP contribution in [0, 0.1) is 11.8 Å². The molecule has 2 fully saturated rings. The van der Waals surface area contributed by atoms with E-state index in [2.05, 4.69) is 24.0 Å². The highest BCUT2D eigenvalue weighted by molar-refractivity contribution is 7.61. The van der Waals surface area contributed by atoms with Gasteiger partial charge in [0, 0.05) is 19.8 Å². The van der Waals surface area contributed by atoms with Crippen LogP contribution in [0.4, 0.5) is 10.2 Å². The second-order valence-electron chi connectivity index (χ2n) is 10.6. The highest BCUT2D eigenvalue weighted by Crippen LogP contribution is 2.62. The number of carbonyl (C=O) groups is 2. The van der Waals surface area contributed by atoms with Crippen LogP contribution in [0.5, 0.6) is 0 Å². The van der Waals surface area contributed by atoms with E-state index in [0.29, 0.717) is 0 Å². The van der Waals surface area contributed by atoms with Gasteiger partial charge in [0.1, 0.15) is 36.8 Å². The molecule has 258 valence electrons. The first-order valence-electron chi connectivity index (χ1n) is 13.7. The lowest BCUT2D eigenvalue weighted by atomic mass is 9.82. The number of nitrogen functional groups attached to an aromatic ring is 1. The van der Waals surface area contributed by atoms with Gasteiger partial charge in [0.2, 0.25) is 6.29 Å². The van der Waals surface area contributed by atoms with Gasteiger partial charge >= 0.3 is 27.6 Å². The molecule has 5 unspecified atom stereocenters. The Balaban J connectivity index is 1.42. The number of fused-ring (bicyclic) bond motifs is 1. The molecule has 2 aromatic rings. The van der Waals surface area contributed by atoms with Crippen LogP contribution >= 0.6 is 15.6 Å². The molecule has 2 aromatic heterocycles. The number of nitrogens with zero attached hydrogens (tertiary/aromatic N) is 4. The molecule has 46 heavy (non-hydrogen) atoms. The van der Waals surface area contributed by atoms with Crippen molar-refractivity contribution >= 4 is 44.6 Å². The maximum absolute atomic E-state index is 15.0. The first-order chi connectivity index (χ1) is 21.4. The Bertz CT molecular complexity index is 1520. The minimum atomic E-state index is -5.62. The van der Waals surface area contributed by atoms with Crippen molar-refractivity contribution in [1.82, 2.24) is 19.5 Å². The zero-order valence-corrected chi connectivity index (χ0v) is 26.5. The zero-order chi connectivity index (χ0) is 34.1. The maximum Gasteiger partial charge on any atom is 0.483 e. The van der Waals surface area contributed by atoms with Gasteiger partial charge < -0.3 is 44.7 Å². The van der Waals surface area contributed by atoms with Gasteiger partial charge in [0.25, 0.3) is 0 Å². The fraction of sp³-hybridized carbons (Fsp3) is 0.696. The largest absolute Gasteiger partial charge is 0.483 e. The Labute approximate surface area is 260 Å². The van der Waals surface area contributed by atoms with Gasteiger partial charge in [-0.05, 0) is 5.92 Å². The lowest BCUT2D eigenvalue weighted by Crippen LogP contribution is -2.55. The SMILES string of the molecule is CC(=O)OC[C@H](F)C1O[C@@H](OP(=O)(O)OP(=O)(O)OC[C@H]2O[C@@H](n3cnc4c(N)ncnc43)[C@@H](O)C2O)C(OC(C)=O)[C@@H](C)[C@@H]1C. The van der Waals surface area contributed by atoms with E-state index in [4.69, 9.17) is 29.0 Å². The van der Waals surface area contributed by atoms with E-state index in [1.807, 2.05) is 0 Å². The standard InChI is InChI=1S/C23H34FN5O15P2/c1-9-10(2)19(40-12(4)31)23(42-18(9)13(24)5-38-11(3)30)43-46(36,37)44-45(34,35)39-6-14-16(32)17(33)22(41-14)29-8-28-15-20(25)26-7-27-21(15)29/h7-10,13-14,16-19,22-23,32-33H,5-6H2,1-4H3,(H,34,35)(H,36,37)(H2,25,26,27)/t9-,10-,13-,14+,16?,17-,18?,19?,22+,23-/m0/s1. The number of imidazole rings is 1. The third-order valence-electron chi connectivity index (χ3n) is 7.37. The van der Waals surface area contributed by atoms with Crippen molar-refractivity contribution in [2.24, 2.45) is 11.8 Å². The van der Waals surface area contributed by atoms with Gasteiger partial charge in [-0.15, -0.1) is 0 Å². The topological polar surface area (TPSA) is 283 Å². The molecule has 2 saturated heterocycles. The lowest BCUT2D eigenvalue weighted by Gasteiger charge is -2.44. The van der Waals surface area contributed by atoms with E-state index >= 15 is 0 Å². The Morgan fingerprint density at radius 1 is 1.07 bits per heavy atom. The fourth-order valence-electron chi connectivity index (χ4n) is 4.97. The third kappa shape index (κ3) is 8.23. The number of phosphoric acid groups is 2. The number of aromatic nitrogens is 4. The van der Waals surface area contributed by atoms with Gasteiger partial charge in [0.05, 0.1) is 19.0 Å². The molecule has 0 bridgehead atoms. The van der Waals surface area contributed by atoms with E-state index in [1.54, 1.807) is 0 Å². The smallest absolute Gasteiger partial charge is 0.463 e. The van der Waals surface area contributed by atoms with E-state index in [-0.39, 0.29) is 17.0 Å². The van der Waals surface area contributed by atoms with Crippen LogP contribution in [-0.2, 0) is 51.0 Å². The molecule has 0 spiro atoms. The molecule has 20 nitrogen and oxygen atoms in total. The number of phosphoric ester groups is 2. The second kappa shape index (κ2) is 14.2. The van der Waals surface area contributed by atoms with Crippen molar-refractivity contribution in [3.8, 4) is 0 Å². The maximum atomic E-state index is 15.0. The molecule has 4 rings (SSSR count). The molecule has 0 radical (unpaired) electrons. The third-order valence-corrected chi connectivity index (χ3v) is 9.97. The average Bonchev–Trinajstić information content (AvgIpc) is 3.50. The number of aliphatic hydroxyl groups is 2. The van der Waals surface area contributed by atoms with Crippen molar-refractivity contribution in [2.75, 3.05) is 18.9 Å². The molecule has 6 N–H and O–H groups in total. The summed E-state index contributed by atoms with van der Waals surface area (Å²) in [5.41, 5.74) is 6.08. The van der Waals surface area contributed by atoms with Crippen molar-refractivity contribution in [3.63, 3.8) is 0 Å². The number of rotatable bonds is 12. The number of anilines is 1. The van der Waals surface area contributed by atoms with Crippen molar-refractivity contribution in [1.29, 1.82) is 0 Å². The van der Waals surface area contributed by atoms with Gasteiger partial charge in [-0.3, -0.25) is 23.2 Å². The summed E-state index contributed by atoms with van der Waals surface area (Å²) in [7, 11) is -11.1. The Morgan fingerprint density at radius 3 is 2.41 bits per heavy atom. The molecule has 2 aliphatic heterocycles. The quantitative estimate of drug-likeness (QED) is 0.145. The molecular weight excluding hydrogens is 667 g/mol. The van der Waals surface area contributed by atoms with Gasteiger partial charge in [-0.1, -0.05) is 13.8 Å². The van der Waals surface area contributed by atoms with Crippen LogP contribution in [0.1, 0.15) is 33.9 Å². The monoisotopic (exact) mass is 701 g/mol. The summed E-state index contributed by atoms with van der Waals surface area (Å²) < 4.78 is 76.6. The summed E-state index contributed by atoms with van der Waals surface area (Å²) in [6, 6.07) is 0. The van der Waals surface area contributed by atoms with Gasteiger partial charge in [-0.25, -0.2) is 28.5 Å². The number of nitrogens with two attached hydrogens (primary N) is 1. The summed E-state index contributed by atoms with van der Waals surface area (Å²) >= 11 is 0. The number of esters is 2. The number of aliphatic hydroxyl groups excluding tert-OH is 2. The predicted molar refractivity (Wildman–Crippen MR) is 148 cm³/mol. The first-order valence-corrected chi connectivity index (χ1v) is 16.6. The predicted octanol–water partition coefficient (Wildman–Crippen LogP) is 0.108. The highest BCUT2D eigenvalue weighted by atomic mass is 31.3. The molecule has 4 heterocycles. The van der Waals surface area contributed by atoms with E-state index < -0.39 is 102 Å². The van der Waals surface area contributed by atoms with Crippen LogP contribution < -0.4 is 5.73 Å². The first kappa shape index (κ1) is 36.2. The van der Waals surface area contributed by atoms with Crippen LogP contribution in [0.15, 0.2) is 12.7 Å². The summed E-state index contributed by atoms with van der Waals surface area (Å²) in [5, 5.41) is 21.0. The highest BCUT2D eigenvalue weighted by Gasteiger charge is 2.51. The summed E-state index contributed by atoms with van der Waals surface area (Å²) in [5.74, 6) is -3.06. The van der Waals surface area contributed by atoms with Gasteiger partial charge in [-0.2, -0.15) is 4.31 Å². The second-order valence-corrected chi connectivity index (χ2v) is 13.6. The van der Waals surface area contributed by atoms with Gasteiger partial charge in [0.15, 0.2) is 30.0 Å². The van der Waals surface area contributed by atoms with Crippen LogP contribution in [0.3, 0.4) is 0 Å². The number of ether oxygens (including phenoxy) is 4. The summed E-state index contributed by atoms with van der Waals surface area (Å²) in [4.78, 5) is 55.3. The van der Waals surface area contributed by atoms with E-state index in [1.165, 1.54) is 24.7 Å². The van der Waals surface area contributed by atoms with Crippen molar-refractivity contribution in [2.45, 2.75) is 76.9 Å². The number of halogens is 1. The summed E-state index contributed by atoms with van der Waals surface area (Å²) in [6.07, 6.45) is -10.5. The minimum absolute atomic E-state index is 0.0366. The molecular formula is C23H34FN5O15P2. The molecule has 0 amide bonds. The number of alkyl halides is 1. The molecule has 23 heteroatoms. The Hall–Kier alpha value is -2.68. The van der Waals surface area contributed by atoms with Crippen molar-refractivity contribution in [3.05, 3.63) is 12.7 Å². The number of hydrogen-bond acceptors (Lipinski definition) is 17. The van der Waals surface area contributed by atoms with Crippen LogP contribution in [0.2, 0.25) is 0 Å². The minimum Gasteiger partial charge on any atom is -0.463 e. The average molecular weight is 701 g/mol. The van der Waals surface area contributed by atoms with Crippen LogP contribution in [-0.4, -0.2) is 108 Å². The molecule has 0 saturated carbocycles. The molecule has 0 aromatic carbocycles. The molecule has 12 atom stereocenters. The Morgan fingerprint density at radius 2 is 1.76 bits per heavy atom. The molecule has 2 aliphatic rings. The van der Waals surface area contributed by atoms with Crippen LogP contribution in [0.25, 0.3) is 11.2 Å². The zero-order valence-electron chi connectivity index (χ0n) is 24.8. The number of hydrogen-bond donors (Lipinski definition) is 5. The lowest BCUT2D eigenvalue weighted by molar-refractivity contribution is -0.262. The normalized spacial score (nSPS) is 33.2.